The molecule has 12 heteroatoms. The van der Waals surface area contributed by atoms with Gasteiger partial charge >= 0.3 is 12.1 Å². The predicted octanol–water partition coefficient (Wildman–Crippen LogP) is 8.33. The van der Waals surface area contributed by atoms with Crippen molar-refractivity contribution in [2.75, 3.05) is 6.61 Å². The standard InChI is InChI=1S/C29H27Cl2F3N2O5/c30-21-12-35-13-22(31)23(21)24-20(25(41-36-24)16-1-2-16)14-40-28-6-3-27(4-7-28,5-8-28)15-39-19-10-17(26(37)38)9-18(11-19)29(32,33)34/h9-13,16H,1-8,14-15H2,(H,37,38). The van der Waals surface area contributed by atoms with E-state index in [0.29, 0.717) is 39.9 Å². The first-order valence-electron chi connectivity index (χ1n) is 13.5. The van der Waals surface area contributed by atoms with Crippen LogP contribution in [0.25, 0.3) is 11.3 Å². The molecule has 2 bridgehead atoms. The number of carboxylic acid groups (broad SMARTS) is 1. The Morgan fingerprint density at radius 3 is 2.29 bits per heavy atom. The molecule has 0 unspecified atom stereocenters. The van der Waals surface area contributed by atoms with E-state index in [4.69, 9.17) is 37.2 Å². The Balaban J connectivity index is 1.14. The molecule has 4 saturated carbocycles. The summed E-state index contributed by atoms with van der Waals surface area (Å²) in [6.45, 7) is 0.509. The molecule has 3 aromatic rings. The third-order valence-corrected chi connectivity index (χ3v) is 9.31. The summed E-state index contributed by atoms with van der Waals surface area (Å²) in [6, 6.07) is 2.62. The summed E-state index contributed by atoms with van der Waals surface area (Å²) in [5.41, 5.74) is -0.0621. The molecule has 7 rings (SSSR count). The lowest BCUT2D eigenvalue weighted by Gasteiger charge is -2.52. The lowest BCUT2D eigenvalue weighted by atomic mass is 9.59. The number of hydrogen-bond acceptors (Lipinski definition) is 6. The molecule has 0 radical (unpaired) electrons. The molecule has 7 nitrogen and oxygen atoms in total. The molecule has 1 aromatic carbocycles. The Bertz CT molecular complexity index is 1440. The van der Waals surface area contributed by atoms with Crippen molar-refractivity contribution in [1.82, 2.24) is 10.1 Å². The number of carboxylic acids is 1. The van der Waals surface area contributed by atoms with Crippen LogP contribution in [0.3, 0.4) is 0 Å². The van der Waals surface area contributed by atoms with Gasteiger partial charge in [0.1, 0.15) is 17.2 Å². The van der Waals surface area contributed by atoms with Crippen molar-refractivity contribution in [2.24, 2.45) is 5.41 Å². The van der Waals surface area contributed by atoms with Gasteiger partial charge < -0.3 is 19.1 Å². The number of aromatic nitrogens is 2. The zero-order chi connectivity index (χ0) is 29.0. The number of nitrogens with zero attached hydrogens (tertiary/aromatic N) is 2. The maximum atomic E-state index is 13.3. The van der Waals surface area contributed by atoms with E-state index in [1.165, 1.54) is 12.4 Å². The quantitative estimate of drug-likeness (QED) is 0.260. The highest BCUT2D eigenvalue weighted by molar-refractivity contribution is 6.38. The van der Waals surface area contributed by atoms with Crippen molar-refractivity contribution in [3.05, 3.63) is 63.1 Å². The van der Waals surface area contributed by atoms with Gasteiger partial charge in [0.05, 0.1) is 40.0 Å². The van der Waals surface area contributed by atoms with Gasteiger partial charge in [-0.3, -0.25) is 4.98 Å². The van der Waals surface area contributed by atoms with Crippen molar-refractivity contribution in [2.45, 2.75) is 75.7 Å². The fourth-order valence-corrected chi connectivity index (χ4v) is 6.60. The summed E-state index contributed by atoms with van der Waals surface area (Å²) in [5.74, 6) is -0.430. The Hall–Kier alpha value is -2.82. The van der Waals surface area contributed by atoms with Crippen LogP contribution in [-0.4, -0.2) is 33.4 Å². The summed E-state index contributed by atoms with van der Waals surface area (Å²) in [4.78, 5) is 15.4. The molecule has 0 atom stereocenters. The number of halogens is 5. The van der Waals surface area contributed by atoms with Gasteiger partial charge in [0, 0.05) is 34.9 Å². The zero-order valence-electron chi connectivity index (χ0n) is 21.9. The normalized spacial score (nSPS) is 24.0. The first-order valence-corrected chi connectivity index (χ1v) is 14.2. The second-order valence-corrected chi connectivity index (χ2v) is 12.3. The van der Waals surface area contributed by atoms with E-state index in [1.807, 2.05) is 0 Å². The van der Waals surface area contributed by atoms with E-state index in [9.17, 15) is 23.1 Å². The van der Waals surface area contributed by atoms with E-state index in [2.05, 4.69) is 10.1 Å². The van der Waals surface area contributed by atoms with Crippen LogP contribution in [0.4, 0.5) is 13.2 Å². The zero-order valence-corrected chi connectivity index (χ0v) is 23.4. The highest BCUT2D eigenvalue weighted by atomic mass is 35.5. The van der Waals surface area contributed by atoms with Crippen LogP contribution in [0.5, 0.6) is 5.75 Å². The van der Waals surface area contributed by atoms with Gasteiger partial charge in [0.15, 0.2) is 0 Å². The molecule has 41 heavy (non-hydrogen) atoms. The van der Waals surface area contributed by atoms with Crippen LogP contribution in [0.1, 0.15) is 84.5 Å². The second-order valence-electron chi connectivity index (χ2n) is 11.4. The van der Waals surface area contributed by atoms with Gasteiger partial charge in [-0.05, 0) is 69.6 Å². The topological polar surface area (TPSA) is 94.7 Å². The van der Waals surface area contributed by atoms with Crippen LogP contribution in [0.2, 0.25) is 10.0 Å². The fraction of sp³-hybridized carbons (Fsp3) is 0.483. The Morgan fingerprint density at radius 1 is 1.05 bits per heavy atom. The largest absolute Gasteiger partial charge is 0.493 e. The van der Waals surface area contributed by atoms with Crippen LogP contribution in [0, 0.1) is 5.41 Å². The third-order valence-electron chi connectivity index (χ3n) is 8.74. The van der Waals surface area contributed by atoms with E-state index in [0.717, 1.165) is 74.8 Å². The number of benzene rings is 1. The molecule has 2 heterocycles. The number of alkyl halides is 3. The predicted molar refractivity (Wildman–Crippen MR) is 143 cm³/mol. The molecule has 0 aliphatic heterocycles. The number of hydrogen-bond donors (Lipinski definition) is 1. The van der Waals surface area contributed by atoms with Gasteiger partial charge in [-0.2, -0.15) is 13.2 Å². The third kappa shape index (κ3) is 5.66. The Labute approximate surface area is 243 Å². The van der Waals surface area contributed by atoms with Crippen molar-refractivity contribution in [1.29, 1.82) is 0 Å². The summed E-state index contributed by atoms with van der Waals surface area (Å²) in [5, 5.41) is 14.3. The molecule has 2 aromatic heterocycles. The van der Waals surface area contributed by atoms with Crippen molar-refractivity contribution < 1.29 is 37.1 Å². The van der Waals surface area contributed by atoms with E-state index < -0.39 is 23.3 Å². The molecular formula is C29H27Cl2F3N2O5. The lowest BCUT2D eigenvalue weighted by molar-refractivity contribution is -0.150. The second kappa shape index (κ2) is 10.5. The van der Waals surface area contributed by atoms with Crippen LogP contribution in [-0.2, 0) is 17.5 Å². The summed E-state index contributed by atoms with van der Waals surface area (Å²) in [7, 11) is 0. The number of ether oxygens (including phenoxy) is 2. The maximum Gasteiger partial charge on any atom is 0.416 e. The average molecular weight is 611 g/mol. The molecule has 0 saturated heterocycles. The van der Waals surface area contributed by atoms with E-state index in [1.54, 1.807) is 0 Å². The molecule has 1 N–H and O–H groups in total. The maximum absolute atomic E-state index is 13.3. The first-order chi connectivity index (χ1) is 19.5. The number of fused-ring (bicyclic) bond motifs is 3. The van der Waals surface area contributed by atoms with Crippen LogP contribution < -0.4 is 4.74 Å². The SMILES string of the molecule is O=C(O)c1cc(OCC23CCC(OCc4c(-c5c(Cl)cncc5Cl)noc4C4CC4)(CC2)CC3)cc(C(F)(F)F)c1. The monoisotopic (exact) mass is 610 g/mol. The number of aromatic carboxylic acids is 1. The molecular weight excluding hydrogens is 584 g/mol. The summed E-state index contributed by atoms with van der Waals surface area (Å²) >= 11 is 12.9. The molecule has 0 amide bonds. The minimum atomic E-state index is -4.67. The van der Waals surface area contributed by atoms with Gasteiger partial charge in [-0.1, -0.05) is 28.4 Å². The summed E-state index contributed by atoms with van der Waals surface area (Å²) in [6.07, 6.45) is 5.07. The van der Waals surface area contributed by atoms with Crippen molar-refractivity contribution in [3.63, 3.8) is 0 Å². The first kappa shape index (κ1) is 28.3. The summed E-state index contributed by atoms with van der Waals surface area (Å²) < 4.78 is 58.2. The number of pyridine rings is 1. The van der Waals surface area contributed by atoms with Crippen LogP contribution in [0.15, 0.2) is 35.1 Å². The van der Waals surface area contributed by atoms with Gasteiger partial charge in [-0.25, -0.2) is 4.79 Å². The molecule has 0 spiro atoms. The molecule has 218 valence electrons. The minimum absolute atomic E-state index is 0.0914. The minimum Gasteiger partial charge on any atom is -0.493 e. The molecule has 4 aliphatic carbocycles. The van der Waals surface area contributed by atoms with E-state index >= 15 is 0 Å². The van der Waals surface area contributed by atoms with Crippen molar-refractivity contribution >= 4 is 29.2 Å². The van der Waals surface area contributed by atoms with E-state index in [-0.39, 0.29) is 23.4 Å². The van der Waals surface area contributed by atoms with Crippen molar-refractivity contribution in [3.8, 4) is 17.0 Å². The molecule has 4 aliphatic rings. The fourth-order valence-electron chi connectivity index (χ4n) is 6.05. The number of carbonyl (C=O) groups is 1. The average Bonchev–Trinajstić information content (AvgIpc) is 3.71. The van der Waals surface area contributed by atoms with Gasteiger partial charge in [-0.15, -0.1) is 0 Å². The Morgan fingerprint density at radius 2 is 1.71 bits per heavy atom. The highest BCUT2D eigenvalue weighted by Gasteiger charge is 2.50. The Kier molecular flexibility index (Phi) is 7.23. The molecule has 4 fully saturated rings. The lowest BCUT2D eigenvalue weighted by Crippen LogP contribution is -2.49. The highest BCUT2D eigenvalue weighted by Crippen LogP contribution is 2.55. The van der Waals surface area contributed by atoms with Gasteiger partial charge in [0.25, 0.3) is 0 Å². The van der Waals surface area contributed by atoms with Gasteiger partial charge in [0.2, 0.25) is 0 Å². The van der Waals surface area contributed by atoms with Crippen LogP contribution >= 0.6 is 23.2 Å². The smallest absolute Gasteiger partial charge is 0.416 e. The number of rotatable bonds is 9.